The molecule has 1 saturated heterocycles. The minimum atomic E-state index is -2.69. The number of likely N-dealkylation sites (N-methyl/N-ethyl adjacent to an activating group) is 1. The van der Waals surface area contributed by atoms with Crippen LogP contribution in [0.3, 0.4) is 0 Å². The van der Waals surface area contributed by atoms with Crippen molar-refractivity contribution >= 4 is 19.9 Å². The molecule has 2 aliphatic rings. The van der Waals surface area contributed by atoms with Crippen LogP contribution in [0.1, 0.15) is 36.1 Å². The summed E-state index contributed by atoms with van der Waals surface area (Å²) in [6, 6.07) is 17.6. The van der Waals surface area contributed by atoms with Crippen LogP contribution in [-0.4, -0.2) is 58.9 Å². The average molecular weight is 507 g/mol. The van der Waals surface area contributed by atoms with Gasteiger partial charge in [0.25, 0.3) is 5.91 Å². The Kier molecular flexibility index (Phi) is 6.36. The highest BCUT2D eigenvalue weighted by Gasteiger charge is 2.65. The van der Waals surface area contributed by atoms with Crippen molar-refractivity contribution in [3.8, 4) is 0 Å². The highest BCUT2D eigenvalue weighted by Crippen LogP contribution is 2.59. The molecule has 1 unspecified atom stereocenters. The van der Waals surface area contributed by atoms with Crippen LogP contribution in [0.4, 0.5) is 5.69 Å². The molecular weight excluding hydrogens is 472 g/mol. The molecule has 1 fully saturated rings. The third-order valence-electron chi connectivity index (χ3n) is 7.96. The second-order valence-electron chi connectivity index (χ2n) is 10.6. The zero-order valence-electron chi connectivity index (χ0n) is 21.2. The van der Waals surface area contributed by atoms with Crippen LogP contribution in [0.5, 0.6) is 0 Å². The molecule has 0 bridgehead atoms. The Bertz CT molecular complexity index is 1240. The number of rotatable bonds is 7. The number of ether oxygens (including phenoxy) is 1. The number of aromatic nitrogens is 3. The number of hydrogen-bond donors (Lipinski definition) is 2. The molecule has 5 rings (SSSR count). The van der Waals surface area contributed by atoms with Gasteiger partial charge in [-0.25, -0.2) is 0 Å². The van der Waals surface area contributed by atoms with E-state index in [1.54, 1.807) is 16.6 Å². The first-order valence-electron chi connectivity index (χ1n) is 12.5. The SMILES string of the molecule is C[C@@H]1[C@@H]([Si](C)(C)O)[C@H](CCn2cc(C(CO)c3ccccc3)nn2)O[C@@]12C(=O)N(C)c1ccccc12. The maximum Gasteiger partial charge on any atom is 0.264 e. The van der Waals surface area contributed by atoms with Gasteiger partial charge in [0.1, 0.15) is 0 Å². The van der Waals surface area contributed by atoms with Gasteiger partial charge >= 0.3 is 0 Å². The van der Waals surface area contributed by atoms with Crippen LogP contribution < -0.4 is 4.90 Å². The molecule has 8 nitrogen and oxygen atoms in total. The summed E-state index contributed by atoms with van der Waals surface area (Å²) >= 11 is 0. The average Bonchev–Trinajstić information content (AvgIpc) is 3.50. The zero-order chi connectivity index (χ0) is 25.7. The number of aliphatic hydroxyl groups is 1. The maximum atomic E-state index is 13.6. The number of aryl methyl sites for hydroxylation is 1. The molecule has 1 spiro atoms. The molecule has 2 aliphatic heterocycles. The highest BCUT2D eigenvalue weighted by molar-refractivity contribution is 6.71. The van der Waals surface area contributed by atoms with Crippen LogP contribution in [-0.2, 0) is 21.7 Å². The molecule has 0 aliphatic carbocycles. The summed E-state index contributed by atoms with van der Waals surface area (Å²) in [6.07, 6.45) is 2.15. The van der Waals surface area contributed by atoms with Crippen LogP contribution in [0.15, 0.2) is 60.8 Å². The fourth-order valence-corrected chi connectivity index (χ4v) is 8.91. The monoisotopic (exact) mass is 506 g/mol. The van der Waals surface area contributed by atoms with Gasteiger partial charge in [0.05, 0.1) is 30.0 Å². The second-order valence-corrected chi connectivity index (χ2v) is 14.6. The molecule has 3 aromatic rings. The van der Waals surface area contributed by atoms with Crippen molar-refractivity contribution in [2.24, 2.45) is 5.92 Å². The summed E-state index contributed by atoms with van der Waals surface area (Å²) < 4.78 is 8.48. The molecule has 0 radical (unpaired) electrons. The van der Waals surface area contributed by atoms with E-state index in [-0.39, 0.29) is 36.0 Å². The largest absolute Gasteiger partial charge is 0.432 e. The summed E-state index contributed by atoms with van der Waals surface area (Å²) in [4.78, 5) is 26.6. The number of aliphatic hydroxyl groups excluding tert-OH is 1. The number of amides is 1. The Balaban J connectivity index is 1.40. The standard InChI is InChI=1S/C27H34N4O4Si/c1-18-25(36(3,4)34)24(35-27(18)21-12-8-9-13-23(21)30(2)26(27)33)14-15-31-16-22(28-29-31)20(17-32)19-10-6-5-7-11-19/h5-13,16,18,20,24-25,32,34H,14-15,17H2,1-4H3/t18-,20?,24+,25-,27+/m1/s1. The Morgan fingerprint density at radius 3 is 2.53 bits per heavy atom. The third kappa shape index (κ3) is 3.90. The van der Waals surface area contributed by atoms with E-state index in [9.17, 15) is 14.7 Å². The number of carbonyl (C=O) groups excluding carboxylic acids is 1. The van der Waals surface area contributed by atoms with Crippen LogP contribution in [0, 0.1) is 5.92 Å². The van der Waals surface area contributed by atoms with E-state index in [0.717, 1.165) is 16.8 Å². The predicted molar refractivity (Wildman–Crippen MR) is 139 cm³/mol. The van der Waals surface area contributed by atoms with E-state index in [2.05, 4.69) is 10.3 Å². The number of para-hydroxylation sites is 1. The van der Waals surface area contributed by atoms with Crippen molar-refractivity contribution < 1.29 is 19.4 Å². The number of carbonyl (C=O) groups is 1. The fraction of sp³-hybridized carbons (Fsp3) is 0.444. The summed E-state index contributed by atoms with van der Waals surface area (Å²) in [6.45, 7) is 6.37. The molecule has 9 heteroatoms. The maximum absolute atomic E-state index is 13.6. The lowest BCUT2D eigenvalue weighted by Crippen LogP contribution is -2.45. The third-order valence-corrected chi connectivity index (χ3v) is 10.5. The molecule has 5 atom stereocenters. The van der Waals surface area contributed by atoms with E-state index < -0.39 is 13.9 Å². The van der Waals surface area contributed by atoms with E-state index in [0.29, 0.717) is 18.7 Å². The predicted octanol–water partition coefficient (Wildman–Crippen LogP) is 3.27. The van der Waals surface area contributed by atoms with Crippen molar-refractivity contribution in [3.63, 3.8) is 0 Å². The number of anilines is 1. The van der Waals surface area contributed by atoms with Gasteiger partial charge in [-0.3, -0.25) is 9.48 Å². The quantitative estimate of drug-likeness (QED) is 0.477. The molecular formula is C27H34N4O4Si. The molecule has 2 aromatic carbocycles. The molecule has 36 heavy (non-hydrogen) atoms. The summed E-state index contributed by atoms with van der Waals surface area (Å²) in [7, 11) is -0.903. The Labute approximate surface area is 212 Å². The summed E-state index contributed by atoms with van der Waals surface area (Å²) in [5.41, 5.74) is 2.22. The number of benzene rings is 2. The molecule has 1 amide bonds. The van der Waals surface area contributed by atoms with Crippen molar-refractivity contribution in [3.05, 3.63) is 77.6 Å². The van der Waals surface area contributed by atoms with Gasteiger partial charge in [-0.1, -0.05) is 60.7 Å². The summed E-state index contributed by atoms with van der Waals surface area (Å²) in [5.74, 6) is -0.486. The van der Waals surface area contributed by atoms with E-state index in [1.807, 2.05) is 80.8 Å². The van der Waals surface area contributed by atoms with Crippen molar-refractivity contribution in [2.75, 3.05) is 18.6 Å². The Morgan fingerprint density at radius 2 is 1.83 bits per heavy atom. The number of hydrogen-bond acceptors (Lipinski definition) is 6. The molecule has 1 aromatic heterocycles. The van der Waals surface area contributed by atoms with Crippen LogP contribution in [0.25, 0.3) is 0 Å². The minimum absolute atomic E-state index is 0.0596. The first-order valence-corrected chi connectivity index (χ1v) is 15.5. The van der Waals surface area contributed by atoms with E-state index in [1.165, 1.54) is 0 Å². The topological polar surface area (TPSA) is 101 Å². The summed E-state index contributed by atoms with van der Waals surface area (Å²) in [5, 5.41) is 18.6. The zero-order valence-corrected chi connectivity index (χ0v) is 22.2. The lowest BCUT2D eigenvalue weighted by molar-refractivity contribution is -0.145. The lowest BCUT2D eigenvalue weighted by atomic mass is 9.82. The van der Waals surface area contributed by atoms with Crippen molar-refractivity contribution in [1.82, 2.24) is 15.0 Å². The van der Waals surface area contributed by atoms with Gasteiger partial charge in [-0.15, -0.1) is 5.10 Å². The van der Waals surface area contributed by atoms with Gasteiger partial charge < -0.3 is 19.5 Å². The normalized spacial score (nSPS) is 26.6. The number of nitrogens with zero attached hydrogens (tertiary/aromatic N) is 4. The van der Waals surface area contributed by atoms with Gasteiger partial charge in [0.15, 0.2) is 13.9 Å². The second kappa shape index (κ2) is 9.22. The van der Waals surface area contributed by atoms with Crippen LogP contribution >= 0.6 is 0 Å². The van der Waals surface area contributed by atoms with Gasteiger partial charge in [-0.05, 0) is 31.1 Å². The molecule has 0 saturated carbocycles. The van der Waals surface area contributed by atoms with Gasteiger partial charge in [0.2, 0.25) is 0 Å². The first kappa shape index (κ1) is 24.8. The van der Waals surface area contributed by atoms with Gasteiger partial charge in [-0.2, -0.15) is 0 Å². The highest BCUT2D eigenvalue weighted by atomic mass is 28.4. The molecule has 3 heterocycles. The first-order chi connectivity index (χ1) is 17.2. The minimum Gasteiger partial charge on any atom is -0.432 e. The van der Waals surface area contributed by atoms with Gasteiger partial charge in [0, 0.05) is 36.8 Å². The Morgan fingerprint density at radius 1 is 1.14 bits per heavy atom. The number of fused-ring (bicyclic) bond motifs is 2. The van der Waals surface area contributed by atoms with Crippen molar-refractivity contribution in [2.45, 2.75) is 56.1 Å². The molecule has 2 N–H and O–H groups in total. The molecule has 190 valence electrons. The van der Waals surface area contributed by atoms with E-state index >= 15 is 0 Å². The van der Waals surface area contributed by atoms with Crippen LogP contribution in [0.2, 0.25) is 18.6 Å². The fourth-order valence-electron chi connectivity index (χ4n) is 6.30. The lowest BCUT2D eigenvalue weighted by Gasteiger charge is -2.32. The smallest absolute Gasteiger partial charge is 0.264 e. The van der Waals surface area contributed by atoms with Crippen molar-refractivity contribution in [1.29, 1.82) is 0 Å². The van der Waals surface area contributed by atoms with E-state index in [4.69, 9.17) is 4.74 Å². The Hall–Kier alpha value is -2.85.